The molecule has 0 heterocycles. The molecule has 0 radical (unpaired) electrons. The SMILES string of the molecule is Cc1cc(Br)ccc1NC(=O)NC(C)(C)c1ccc(F)cc1. The van der Waals surface area contributed by atoms with Gasteiger partial charge in [0, 0.05) is 10.2 Å². The summed E-state index contributed by atoms with van der Waals surface area (Å²) in [5.41, 5.74) is 1.93. The number of halogens is 2. The van der Waals surface area contributed by atoms with Crippen molar-refractivity contribution in [2.24, 2.45) is 0 Å². The van der Waals surface area contributed by atoms with Crippen molar-refractivity contribution in [1.29, 1.82) is 0 Å². The van der Waals surface area contributed by atoms with Gasteiger partial charge >= 0.3 is 6.03 Å². The van der Waals surface area contributed by atoms with Crippen LogP contribution in [0.15, 0.2) is 46.9 Å². The van der Waals surface area contributed by atoms with Gasteiger partial charge in [0.15, 0.2) is 0 Å². The van der Waals surface area contributed by atoms with E-state index in [1.807, 2.05) is 39.0 Å². The number of carbonyl (C=O) groups is 1. The summed E-state index contributed by atoms with van der Waals surface area (Å²) >= 11 is 3.39. The number of rotatable bonds is 3. The van der Waals surface area contributed by atoms with E-state index in [0.717, 1.165) is 21.3 Å². The highest BCUT2D eigenvalue weighted by Crippen LogP contribution is 2.22. The molecule has 22 heavy (non-hydrogen) atoms. The van der Waals surface area contributed by atoms with E-state index in [9.17, 15) is 9.18 Å². The molecule has 0 atom stereocenters. The molecule has 0 spiro atoms. The van der Waals surface area contributed by atoms with E-state index in [0.29, 0.717) is 0 Å². The number of hydrogen-bond donors (Lipinski definition) is 2. The molecule has 0 saturated carbocycles. The number of benzene rings is 2. The number of anilines is 1. The van der Waals surface area contributed by atoms with Crippen LogP contribution in [0.3, 0.4) is 0 Å². The largest absolute Gasteiger partial charge is 0.329 e. The Morgan fingerprint density at radius 3 is 2.36 bits per heavy atom. The summed E-state index contributed by atoms with van der Waals surface area (Å²) in [5, 5.41) is 5.73. The van der Waals surface area contributed by atoms with Gasteiger partial charge < -0.3 is 10.6 Å². The first-order valence-electron chi connectivity index (χ1n) is 6.89. The van der Waals surface area contributed by atoms with Crippen molar-refractivity contribution >= 4 is 27.6 Å². The Morgan fingerprint density at radius 2 is 1.77 bits per heavy atom. The fourth-order valence-corrected chi connectivity index (χ4v) is 2.62. The predicted molar refractivity (Wildman–Crippen MR) is 90.5 cm³/mol. The van der Waals surface area contributed by atoms with E-state index in [4.69, 9.17) is 0 Å². The highest BCUT2D eigenvalue weighted by molar-refractivity contribution is 9.10. The van der Waals surface area contributed by atoms with Crippen molar-refractivity contribution in [2.75, 3.05) is 5.32 Å². The quantitative estimate of drug-likeness (QED) is 0.794. The highest BCUT2D eigenvalue weighted by Gasteiger charge is 2.23. The molecule has 0 unspecified atom stereocenters. The standard InChI is InChI=1S/C17H18BrFN2O/c1-11-10-13(18)6-9-15(11)20-16(22)21-17(2,3)12-4-7-14(19)8-5-12/h4-10H,1-3H3,(H2,20,21,22). The molecule has 0 aliphatic carbocycles. The van der Waals surface area contributed by atoms with Gasteiger partial charge in [-0.2, -0.15) is 0 Å². The molecule has 2 rings (SSSR count). The maximum absolute atomic E-state index is 13.0. The third kappa shape index (κ3) is 4.07. The van der Waals surface area contributed by atoms with Gasteiger partial charge in [0.25, 0.3) is 0 Å². The minimum Gasteiger partial charge on any atom is -0.329 e. The first-order chi connectivity index (χ1) is 10.3. The third-order valence-corrected chi connectivity index (χ3v) is 3.92. The number of hydrogen-bond acceptors (Lipinski definition) is 1. The molecule has 0 fully saturated rings. The molecular weight excluding hydrogens is 347 g/mol. The zero-order valence-corrected chi connectivity index (χ0v) is 14.3. The molecule has 5 heteroatoms. The molecule has 2 aromatic carbocycles. The molecular formula is C17H18BrFN2O. The third-order valence-electron chi connectivity index (χ3n) is 3.43. The zero-order valence-electron chi connectivity index (χ0n) is 12.7. The molecule has 2 amide bonds. The maximum Gasteiger partial charge on any atom is 0.319 e. The molecule has 0 saturated heterocycles. The molecule has 0 aliphatic rings. The average Bonchev–Trinajstić information content (AvgIpc) is 2.42. The number of aryl methyl sites for hydroxylation is 1. The van der Waals surface area contributed by atoms with Gasteiger partial charge in [0.1, 0.15) is 5.82 Å². The van der Waals surface area contributed by atoms with Crippen LogP contribution in [0, 0.1) is 12.7 Å². The normalized spacial score (nSPS) is 11.1. The van der Waals surface area contributed by atoms with Crippen LogP contribution in [0.25, 0.3) is 0 Å². The maximum atomic E-state index is 13.0. The minimum absolute atomic E-state index is 0.297. The lowest BCUT2D eigenvalue weighted by Crippen LogP contribution is -2.43. The lowest BCUT2D eigenvalue weighted by molar-refractivity contribution is 0.242. The fraction of sp³-hybridized carbons (Fsp3) is 0.235. The van der Waals surface area contributed by atoms with Crippen LogP contribution in [-0.4, -0.2) is 6.03 Å². The summed E-state index contributed by atoms with van der Waals surface area (Å²) in [6, 6.07) is 11.4. The van der Waals surface area contributed by atoms with Crippen LogP contribution in [0.2, 0.25) is 0 Å². The monoisotopic (exact) mass is 364 g/mol. The van der Waals surface area contributed by atoms with Gasteiger partial charge in [-0.3, -0.25) is 0 Å². The summed E-state index contributed by atoms with van der Waals surface area (Å²) in [7, 11) is 0. The first-order valence-corrected chi connectivity index (χ1v) is 7.68. The van der Waals surface area contributed by atoms with Crippen LogP contribution in [-0.2, 0) is 5.54 Å². The Bertz CT molecular complexity index is 684. The van der Waals surface area contributed by atoms with Crippen molar-refractivity contribution < 1.29 is 9.18 Å². The molecule has 0 bridgehead atoms. The van der Waals surface area contributed by atoms with Crippen molar-refractivity contribution in [2.45, 2.75) is 26.3 Å². The molecule has 2 N–H and O–H groups in total. The minimum atomic E-state index is -0.610. The van der Waals surface area contributed by atoms with E-state index < -0.39 is 5.54 Å². The van der Waals surface area contributed by atoms with Gasteiger partial charge in [-0.1, -0.05) is 28.1 Å². The van der Waals surface area contributed by atoms with Crippen molar-refractivity contribution in [3.05, 3.63) is 63.9 Å². The second kappa shape index (κ2) is 6.48. The topological polar surface area (TPSA) is 41.1 Å². The van der Waals surface area contributed by atoms with E-state index in [-0.39, 0.29) is 11.8 Å². The molecule has 0 aromatic heterocycles. The molecule has 3 nitrogen and oxygen atoms in total. The van der Waals surface area contributed by atoms with E-state index >= 15 is 0 Å². The summed E-state index contributed by atoms with van der Waals surface area (Å²) in [6.45, 7) is 5.66. The fourth-order valence-electron chi connectivity index (χ4n) is 2.14. The summed E-state index contributed by atoms with van der Waals surface area (Å²) < 4.78 is 14.0. The predicted octanol–water partition coefficient (Wildman–Crippen LogP) is 4.95. The second-order valence-corrected chi connectivity index (χ2v) is 6.59. The molecule has 2 aromatic rings. The van der Waals surface area contributed by atoms with E-state index in [1.54, 1.807) is 12.1 Å². The van der Waals surface area contributed by atoms with E-state index in [2.05, 4.69) is 26.6 Å². The lowest BCUT2D eigenvalue weighted by atomic mass is 9.94. The Morgan fingerprint density at radius 1 is 1.14 bits per heavy atom. The van der Waals surface area contributed by atoms with E-state index in [1.165, 1.54) is 12.1 Å². The molecule has 116 valence electrons. The number of nitrogens with one attached hydrogen (secondary N) is 2. The van der Waals surface area contributed by atoms with Gasteiger partial charge in [-0.25, -0.2) is 9.18 Å². The first kappa shape index (κ1) is 16.5. The van der Waals surface area contributed by atoms with Crippen molar-refractivity contribution in [3.8, 4) is 0 Å². The van der Waals surface area contributed by atoms with Crippen LogP contribution >= 0.6 is 15.9 Å². The summed E-state index contributed by atoms with van der Waals surface area (Å²) in [6.07, 6.45) is 0. The number of carbonyl (C=O) groups excluding carboxylic acids is 1. The van der Waals surface area contributed by atoms with Crippen molar-refractivity contribution in [3.63, 3.8) is 0 Å². The Kier molecular flexibility index (Phi) is 4.86. The Hall–Kier alpha value is -1.88. The van der Waals surface area contributed by atoms with Crippen LogP contribution in [0.1, 0.15) is 25.0 Å². The Balaban J connectivity index is 2.08. The van der Waals surface area contributed by atoms with Crippen LogP contribution in [0.5, 0.6) is 0 Å². The van der Waals surface area contributed by atoms with Gasteiger partial charge in [0.2, 0.25) is 0 Å². The van der Waals surface area contributed by atoms with Gasteiger partial charge in [0.05, 0.1) is 5.54 Å². The smallest absolute Gasteiger partial charge is 0.319 e. The zero-order chi connectivity index (χ0) is 16.3. The van der Waals surface area contributed by atoms with Crippen molar-refractivity contribution in [1.82, 2.24) is 5.32 Å². The summed E-state index contributed by atoms with van der Waals surface area (Å²) in [5.74, 6) is -0.297. The lowest BCUT2D eigenvalue weighted by Gasteiger charge is -2.27. The van der Waals surface area contributed by atoms with Crippen LogP contribution in [0.4, 0.5) is 14.9 Å². The van der Waals surface area contributed by atoms with Crippen LogP contribution < -0.4 is 10.6 Å². The average molecular weight is 365 g/mol. The Labute approximate surface area is 138 Å². The second-order valence-electron chi connectivity index (χ2n) is 5.67. The molecule has 0 aliphatic heterocycles. The van der Waals surface area contributed by atoms with Gasteiger partial charge in [-0.05, 0) is 62.2 Å². The summed E-state index contributed by atoms with van der Waals surface area (Å²) in [4.78, 5) is 12.2. The number of amides is 2. The van der Waals surface area contributed by atoms with Gasteiger partial charge in [-0.15, -0.1) is 0 Å². The highest BCUT2D eigenvalue weighted by atomic mass is 79.9. The number of urea groups is 1.